The van der Waals surface area contributed by atoms with Crippen LogP contribution in [-0.4, -0.2) is 12.1 Å². The number of hydrogen-bond donors (Lipinski definition) is 1. The fourth-order valence-electron chi connectivity index (χ4n) is 1.94. The molecule has 0 amide bonds. The molecule has 17 heavy (non-hydrogen) atoms. The summed E-state index contributed by atoms with van der Waals surface area (Å²) >= 11 is 3.53. The average Bonchev–Trinajstić information content (AvgIpc) is 2.12. The van der Waals surface area contributed by atoms with Gasteiger partial charge in [-0.15, -0.1) is 0 Å². The minimum Gasteiger partial charge on any atom is -0.491 e. The molecule has 2 rings (SSSR count). The van der Waals surface area contributed by atoms with Gasteiger partial charge in [-0.1, -0.05) is 22.4 Å². The van der Waals surface area contributed by atoms with Crippen LogP contribution in [0.3, 0.4) is 0 Å². The first-order valence-corrected chi connectivity index (χ1v) is 7.12. The quantitative estimate of drug-likeness (QED) is 0.890. The number of benzene rings is 1. The second-order valence-corrected chi connectivity index (χ2v) is 5.89. The Bertz CT molecular complexity index is 374. The fraction of sp³-hybridized carbons (Fsp3) is 0.571. The SMILES string of the molecule is CC(C)Oc1cc(Br)cc(CNC2CCC2)c1. The molecule has 0 spiro atoms. The summed E-state index contributed by atoms with van der Waals surface area (Å²) in [5.74, 6) is 0.944. The minimum absolute atomic E-state index is 0.219. The highest BCUT2D eigenvalue weighted by Crippen LogP contribution is 2.24. The molecule has 0 atom stereocenters. The van der Waals surface area contributed by atoms with Gasteiger partial charge in [0.2, 0.25) is 0 Å². The molecule has 0 heterocycles. The van der Waals surface area contributed by atoms with Gasteiger partial charge in [0.25, 0.3) is 0 Å². The van der Waals surface area contributed by atoms with Crippen LogP contribution in [0, 0.1) is 0 Å². The lowest BCUT2D eigenvalue weighted by molar-refractivity contribution is 0.242. The molecule has 0 bridgehead atoms. The molecule has 3 heteroatoms. The largest absolute Gasteiger partial charge is 0.491 e. The molecular formula is C14H20BrNO. The Morgan fingerprint density at radius 1 is 1.35 bits per heavy atom. The van der Waals surface area contributed by atoms with E-state index in [1.165, 1.54) is 24.8 Å². The van der Waals surface area contributed by atoms with Crippen LogP contribution in [0.15, 0.2) is 22.7 Å². The lowest BCUT2D eigenvalue weighted by Gasteiger charge is -2.26. The Hall–Kier alpha value is -0.540. The highest BCUT2D eigenvalue weighted by atomic mass is 79.9. The van der Waals surface area contributed by atoms with Crippen molar-refractivity contribution in [2.45, 2.75) is 51.8 Å². The van der Waals surface area contributed by atoms with Gasteiger partial charge in [0, 0.05) is 17.1 Å². The van der Waals surface area contributed by atoms with Gasteiger partial charge >= 0.3 is 0 Å². The van der Waals surface area contributed by atoms with Gasteiger partial charge in [0.1, 0.15) is 5.75 Å². The van der Waals surface area contributed by atoms with Crippen LogP contribution in [0.2, 0.25) is 0 Å². The van der Waals surface area contributed by atoms with Crippen molar-refractivity contribution in [2.75, 3.05) is 0 Å². The number of ether oxygens (including phenoxy) is 1. The molecule has 0 aromatic heterocycles. The maximum absolute atomic E-state index is 5.73. The molecule has 1 saturated carbocycles. The van der Waals surface area contributed by atoms with Gasteiger partial charge in [0.15, 0.2) is 0 Å². The first-order chi connectivity index (χ1) is 8.13. The molecule has 0 aliphatic heterocycles. The van der Waals surface area contributed by atoms with Crippen LogP contribution < -0.4 is 10.1 Å². The van der Waals surface area contributed by atoms with Gasteiger partial charge in [-0.3, -0.25) is 0 Å². The highest BCUT2D eigenvalue weighted by Gasteiger charge is 2.16. The highest BCUT2D eigenvalue weighted by molar-refractivity contribution is 9.10. The second-order valence-electron chi connectivity index (χ2n) is 4.97. The molecule has 94 valence electrons. The molecule has 1 aliphatic carbocycles. The van der Waals surface area contributed by atoms with Crippen LogP contribution in [-0.2, 0) is 6.54 Å². The van der Waals surface area contributed by atoms with E-state index in [9.17, 15) is 0 Å². The van der Waals surface area contributed by atoms with Crippen LogP contribution in [0.25, 0.3) is 0 Å². The van der Waals surface area contributed by atoms with E-state index in [0.29, 0.717) is 0 Å². The number of hydrogen-bond acceptors (Lipinski definition) is 2. The Kier molecular flexibility index (Phi) is 4.46. The summed E-state index contributed by atoms with van der Waals surface area (Å²) in [6, 6.07) is 7.02. The predicted octanol–water partition coefficient (Wildman–Crippen LogP) is 3.88. The van der Waals surface area contributed by atoms with E-state index in [2.05, 4.69) is 33.4 Å². The van der Waals surface area contributed by atoms with Gasteiger partial charge < -0.3 is 10.1 Å². The topological polar surface area (TPSA) is 21.3 Å². The lowest BCUT2D eigenvalue weighted by Crippen LogP contribution is -2.34. The van der Waals surface area contributed by atoms with E-state index in [1.54, 1.807) is 0 Å². The fourth-order valence-corrected chi connectivity index (χ4v) is 2.46. The third-order valence-electron chi connectivity index (χ3n) is 3.00. The maximum atomic E-state index is 5.73. The van der Waals surface area contributed by atoms with E-state index >= 15 is 0 Å². The van der Waals surface area contributed by atoms with Crippen molar-refractivity contribution in [1.29, 1.82) is 0 Å². The molecule has 2 nitrogen and oxygen atoms in total. The molecule has 1 aliphatic rings. The molecule has 0 unspecified atom stereocenters. The van der Waals surface area contributed by atoms with Crippen LogP contribution >= 0.6 is 15.9 Å². The average molecular weight is 298 g/mol. The summed E-state index contributed by atoms with van der Waals surface area (Å²) in [4.78, 5) is 0. The van der Waals surface area contributed by atoms with Crippen molar-refractivity contribution in [2.24, 2.45) is 0 Å². The van der Waals surface area contributed by atoms with Gasteiger partial charge in [0.05, 0.1) is 6.10 Å². The zero-order valence-electron chi connectivity index (χ0n) is 10.5. The van der Waals surface area contributed by atoms with E-state index in [4.69, 9.17) is 4.74 Å². The van der Waals surface area contributed by atoms with Gasteiger partial charge in [-0.2, -0.15) is 0 Å². The first-order valence-electron chi connectivity index (χ1n) is 6.33. The van der Waals surface area contributed by atoms with E-state index in [1.807, 2.05) is 19.9 Å². The van der Waals surface area contributed by atoms with E-state index in [0.717, 1.165) is 22.8 Å². The smallest absolute Gasteiger partial charge is 0.121 e. The van der Waals surface area contributed by atoms with Gasteiger partial charge in [-0.05, 0) is 50.5 Å². The van der Waals surface area contributed by atoms with Crippen LogP contribution in [0.5, 0.6) is 5.75 Å². The summed E-state index contributed by atoms with van der Waals surface area (Å²) in [6.07, 6.45) is 4.24. The molecular weight excluding hydrogens is 278 g/mol. The molecule has 1 fully saturated rings. The van der Waals surface area contributed by atoms with Crippen LogP contribution in [0.4, 0.5) is 0 Å². The maximum Gasteiger partial charge on any atom is 0.121 e. The van der Waals surface area contributed by atoms with Crippen LogP contribution in [0.1, 0.15) is 38.7 Å². The Balaban J connectivity index is 1.97. The predicted molar refractivity (Wildman–Crippen MR) is 74.4 cm³/mol. The molecule has 1 aromatic rings. The monoisotopic (exact) mass is 297 g/mol. The van der Waals surface area contributed by atoms with Crippen molar-refractivity contribution < 1.29 is 4.74 Å². The molecule has 1 N–H and O–H groups in total. The first kappa shape index (κ1) is 12.9. The molecule has 0 radical (unpaired) electrons. The van der Waals surface area contributed by atoms with Crippen molar-refractivity contribution in [3.8, 4) is 5.75 Å². The Labute approximate surface area is 112 Å². The normalized spacial score (nSPS) is 16.0. The Morgan fingerprint density at radius 3 is 2.71 bits per heavy atom. The lowest BCUT2D eigenvalue weighted by atomic mass is 9.93. The van der Waals surface area contributed by atoms with E-state index < -0.39 is 0 Å². The van der Waals surface area contributed by atoms with Crippen molar-refractivity contribution in [3.05, 3.63) is 28.2 Å². The standard InChI is InChI=1S/C14H20BrNO/c1-10(2)17-14-7-11(6-12(15)8-14)9-16-13-4-3-5-13/h6-8,10,13,16H,3-5,9H2,1-2H3. The zero-order chi connectivity index (χ0) is 12.3. The van der Waals surface area contributed by atoms with E-state index in [-0.39, 0.29) is 6.10 Å². The minimum atomic E-state index is 0.219. The van der Waals surface area contributed by atoms with Crippen molar-refractivity contribution >= 4 is 15.9 Å². The number of nitrogens with one attached hydrogen (secondary N) is 1. The summed E-state index contributed by atoms with van der Waals surface area (Å²) in [5.41, 5.74) is 1.28. The van der Waals surface area contributed by atoms with Crippen molar-refractivity contribution in [1.82, 2.24) is 5.32 Å². The third-order valence-corrected chi connectivity index (χ3v) is 3.46. The number of halogens is 1. The van der Waals surface area contributed by atoms with Gasteiger partial charge in [-0.25, -0.2) is 0 Å². The Morgan fingerprint density at radius 2 is 2.12 bits per heavy atom. The zero-order valence-corrected chi connectivity index (χ0v) is 12.1. The summed E-state index contributed by atoms with van der Waals surface area (Å²) in [7, 11) is 0. The summed E-state index contributed by atoms with van der Waals surface area (Å²) in [5, 5.41) is 3.57. The summed E-state index contributed by atoms with van der Waals surface area (Å²) < 4.78 is 6.81. The molecule has 1 aromatic carbocycles. The summed E-state index contributed by atoms with van der Waals surface area (Å²) in [6.45, 7) is 5.03. The number of rotatable bonds is 5. The molecule has 0 saturated heterocycles. The van der Waals surface area contributed by atoms with Crippen molar-refractivity contribution in [3.63, 3.8) is 0 Å². The third kappa shape index (κ3) is 4.00. The second kappa shape index (κ2) is 5.87.